The molecule has 0 saturated carbocycles. The van der Waals surface area contributed by atoms with Gasteiger partial charge in [0.15, 0.2) is 0 Å². The van der Waals surface area contributed by atoms with E-state index in [4.69, 9.17) is 11.6 Å². The first kappa shape index (κ1) is 15.4. The highest BCUT2D eigenvalue weighted by molar-refractivity contribution is 6.30. The topological polar surface area (TPSA) is 4.44 Å². The summed E-state index contributed by atoms with van der Waals surface area (Å²) in [6.45, 7) is 3.41. The van der Waals surface area contributed by atoms with E-state index in [-0.39, 0.29) is 12.4 Å². The molecule has 0 aliphatic carbocycles. The lowest BCUT2D eigenvalue weighted by molar-refractivity contribution is -0.921. The van der Waals surface area contributed by atoms with Crippen molar-refractivity contribution in [1.29, 1.82) is 0 Å². The molecule has 0 fully saturated rings. The van der Waals surface area contributed by atoms with Crippen LogP contribution < -0.4 is 17.3 Å². The summed E-state index contributed by atoms with van der Waals surface area (Å²) in [5.41, 5.74) is 4.21. The van der Waals surface area contributed by atoms with Crippen LogP contribution in [0.1, 0.15) is 29.5 Å². The van der Waals surface area contributed by atoms with Crippen molar-refractivity contribution in [3.8, 4) is 0 Å². The zero-order chi connectivity index (χ0) is 13.4. The Morgan fingerprint density at radius 3 is 2.50 bits per heavy atom. The van der Waals surface area contributed by atoms with E-state index in [0.717, 1.165) is 11.6 Å². The molecule has 1 nitrogen and oxygen atoms in total. The zero-order valence-electron chi connectivity index (χ0n) is 11.7. The molecule has 1 aliphatic heterocycles. The smallest absolute Gasteiger partial charge is 0.103 e. The van der Waals surface area contributed by atoms with Crippen LogP contribution in [-0.2, 0) is 6.54 Å². The molecule has 0 amide bonds. The standard InChI is InChI=1S/C17H18ClN.ClH/c1-12-17(13-6-4-3-5-7-13)16-10-15(18)9-8-14(16)11-19(12)2;/h3-10,12,17H,11H2,1-2H3;1H. The summed E-state index contributed by atoms with van der Waals surface area (Å²) < 4.78 is 0. The number of rotatable bonds is 1. The fourth-order valence-electron chi connectivity index (χ4n) is 3.16. The van der Waals surface area contributed by atoms with Crippen molar-refractivity contribution >= 4 is 11.6 Å². The molecule has 3 heteroatoms. The van der Waals surface area contributed by atoms with Crippen LogP contribution in [0.2, 0.25) is 5.02 Å². The van der Waals surface area contributed by atoms with Crippen molar-refractivity contribution in [2.24, 2.45) is 0 Å². The highest BCUT2D eigenvalue weighted by Crippen LogP contribution is 2.33. The average molecular weight is 308 g/mol. The van der Waals surface area contributed by atoms with Gasteiger partial charge in [-0.2, -0.15) is 0 Å². The first-order chi connectivity index (χ1) is 9.16. The summed E-state index contributed by atoms with van der Waals surface area (Å²) in [5.74, 6) is 0.434. The molecule has 0 saturated heterocycles. The van der Waals surface area contributed by atoms with Gasteiger partial charge in [0.25, 0.3) is 0 Å². The number of halogens is 2. The van der Waals surface area contributed by atoms with E-state index in [1.165, 1.54) is 16.7 Å². The Morgan fingerprint density at radius 1 is 1.10 bits per heavy atom. The maximum Gasteiger partial charge on any atom is 0.103 e. The Balaban J connectivity index is 0.00000147. The van der Waals surface area contributed by atoms with Gasteiger partial charge in [-0.1, -0.05) is 48.0 Å². The summed E-state index contributed by atoms with van der Waals surface area (Å²) in [6, 6.07) is 17.7. The van der Waals surface area contributed by atoms with Crippen molar-refractivity contribution in [1.82, 2.24) is 0 Å². The van der Waals surface area contributed by atoms with Gasteiger partial charge in [0.05, 0.1) is 19.0 Å². The predicted molar refractivity (Wildman–Crippen MR) is 79.8 cm³/mol. The minimum Gasteiger partial charge on any atom is -1.00 e. The molecule has 0 spiro atoms. The van der Waals surface area contributed by atoms with E-state index >= 15 is 0 Å². The molecule has 3 unspecified atom stereocenters. The van der Waals surface area contributed by atoms with Crippen molar-refractivity contribution in [2.75, 3.05) is 7.05 Å². The van der Waals surface area contributed by atoms with Crippen LogP contribution in [0.5, 0.6) is 0 Å². The first-order valence-corrected chi connectivity index (χ1v) is 7.20. The second-order valence-electron chi connectivity index (χ2n) is 5.54. The molecule has 106 valence electrons. The Kier molecular flexibility index (Phi) is 4.74. The molecule has 3 atom stereocenters. The van der Waals surface area contributed by atoms with Crippen LogP contribution >= 0.6 is 11.6 Å². The highest BCUT2D eigenvalue weighted by atomic mass is 35.5. The van der Waals surface area contributed by atoms with Crippen LogP contribution in [0.4, 0.5) is 0 Å². The molecule has 2 aromatic rings. The Bertz CT molecular complexity index is 583. The van der Waals surface area contributed by atoms with Gasteiger partial charge in [-0.3, -0.25) is 0 Å². The highest BCUT2D eigenvalue weighted by Gasteiger charge is 2.34. The van der Waals surface area contributed by atoms with Gasteiger partial charge in [-0.15, -0.1) is 0 Å². The van der Waals surface area contributed by atoms with Crippen LogP contribution in [0, 0.1) is 0 Å². The van der Waals surface area contributed by atoms with Gasteiger partial charge in [0.2, 0.25) is 0 Å². The summed E-state index contributed by atoms with van der Waals surface area (Å²) in [6.07, 6.45) is 0. The summed E-state index contributed by atoms with van der Waals surface area (Å²) in [4.78, 5) is 1.56. The van der Waals surface area contributed by atoms with Gasteiger partial charge in [0, 0.05) is 10.6 Å². The molecule has 1 N–H and O–H groups in total. The summed E-state index contributed by atoms with van der Waals surface area (Å²) >= 11 is 6.21. The molecule has 1 heterocycles. The molecule has 0 bridgehead atoms. The predicted octanol–water partition coefficient (Wildman–Crippen LogP) is -0.107. The van der Waals surface area contributed by atoms with Crippen molar-refractivity contribution in [3.05, 3.63) is 70.2 Å². The quantitative estimate of drug-likeness (QED) is 0.750. The second-order valence-corrected chi connectivity index (χ2v) is 5.98. The van der Waals surface area contributed by atoms with E-state index < -0.39 is 0 Å². The van der Waals surface area contributed by atoms with E-state index in [9.17, 15) is 0 Å². The maximum atomic E-state index is 6.21. The number of benzene rings is 2. The Morgan fingerprint density at radius 2 is 1.80 bits per heavy atom. The van der Waals surface area contributed by atoms with Crippen molar-refractivity contribution < 1.29 is 17.3 Å². The molecule has 1 aliphatic rings. The molecular weight excluding hydrogens is 289 g/mol. The molecule has 0 radical (unpaired) electrons. The lowest BCUT2D eigenvalue weighted by Crippen LogP contribution is -3.12. The number of hydrogen-bond donors (Lipinski definition) is 1. The summed E-state index contributed by atoms with van der Waals surface area (Å²) in [5, 5.41) is 0.839. The van der Waals surface area contributed by atoms with Gasteiger partial charge in [-0.05, 0) is 30.2 Å². The SMILES string of the molecule is CC1C(c2ccccc2)c2cc(Cl)ccc2C[NH+]1C.[Cl-]. The molecular formula is C17H19Cl2N. The molecule has 20 heavy (non-hydrogen) atoms. The summed E-state index contributed by atoms with van der Waals surface area (Å²) in [7, 11) is 2.28. The van der Waals surface area contributed by atoms with E-state index in [1.807, 2.05) is 6.07 Å². The second kappa shape index (κ2) is 6.17. The lowest BCUT2D eigenvalue weighted by Gasteiger charge is -2.36. The lowest BCUT2D eigenvalue weighted by atomic mass is 9.80. The number of fused-ring (bicyclic) bond motifs is 1. The minimum atomic E-state index is 0. The molecule has 3 rings (SSSR count). The van der Waals surface area contributed by atoms with Crippen LogP contribution in [0.3, 0.4) is 0 Å². The number of quaternary nitrogens is 1. The van der Waals surface area contributed by atoms with Crippen LogP contribution in [0.15, 0.2) is 48.5 Å². The molecule has 2 aromatic carbocycles. The fourth-order valence-corrected chi connectivity index (χ4v) is 3.34. The number of likely N-dealkylation sites (N-methyl/N-ethyl adjacent to an activating group) is 1. The van der Waals surface area contributed by atoms with Gasteiger partial charge < -0.3 is 17.3 Å². The fraction of sp³-hybridized carbons (Fsp3) is 0.294. The van der Waals surface area contributed by atoms with Crippen molar-refractivity contribution in [3.63, 3.8) is 0 Å². The van der Waals surface area contributed by atoms with E-state index in [2.05, 4.69) is 56.4 Å². The van der Waals surface area contributed by atoms with Gasteiger partial charge in [-0.25, -0.2) is 0 Å². The normalized spacial score (nSPS) is 24.6. The van der Waals surface area contributed by atoms with Crippen LogP contribution in [-0.4, -0.2) is 13.1 Å². The molecule has 0 aromatic heterocycles. The minimum absolute atomic E-state index is 0. The zero-order valence-corrected chi connectivity index (χ0v) is 13.2. The monoisotopic (exact) mass is 307 g/mol. The van der Waals surface area contributed by atoms with Crippen LogP contribution in [0.25, 0.3) is 0 Å². The maximum absolute atomic E-state index is 6.21. The number of nitrogens with one attached hydrogen (secondary N) is 1. The third-order valence-corrected chi connectivity index (χ3v) is 4.58. The third kappa shape index (κ3) is 2.71. The number of hydrogen-bond acceptors (Lipinski definition) is 0. The first-order valence-electron chi connectivity index (χ1n) is 6.82. The van der Waals surface area contributed by atoms with Gasteiger partial charge >= 0.3 is 0 Å². The van der Waals surface area contributed by atoms with Gasteiger partial charge in [0.1, 0.15) is 6.54 Å². The Hall–Kier alpha value is -1.02. The Labute approximate surface area is 132 Å². The van der Waals surface area contributed by atoms with E-state index in [1.54, 1.807) is 4.90 Å². The average Bonchev–Trinajstić information content (AvgIpc) is 2.42. The largest absolute Gasteiger partial charge is 1.00 e. The van der Waals surface area contributed by atoms with Crippen molar-refractivity contribution in [2.45, 2.75) is 25.4 Å². The van der Waals surface area contributed by atoms with E-state index in [0.29, 0.717) is 12.0 Å². The third-order valence-electron chi connectivity index (χ3n) is 4.35.